The van der Waals surface area contributed by atoms with E-state index in [1.807, 2.05) is 4.68 Å². The second-order valence-electron chi connectivity index (χ2n) is 5.09. The van der Waals surface area contributed by atoms with Crippen molar-refractivity contribution in [2.24, 2.45) is 0 Å². The van der Waals surface area contributed by atoms with Gasteiger partial charge in [0.15, 0.2) is 5.75 Å². The molecule has 108 valence electrons. The lowest BCUT2D eigenvalue weighted by Gasteiger charge is -2.17. The summed E-state index contributed by atoms with van der Waals surface area (Å²) in [6.07, 6.45) is 5.61. The van der Waals surface area contributed by atoms with E-state index in [0.717, 1.165) is 12.8 Å². The molecule has 1 saturated carbocycles. The van der Waals surface area contributed by atoms with Gasteiger partial charge in [-0.25, -0.2) is 0 Å². The van der Waals surface area contributed by atoms with Crippen LogP contribution in [0.1, 0.15) is 29.2 Å². The average Bonchev–Trinajstić information content (AvgIpc) is 3.24. The fourth-order valence-electron chi connectivity index (χ4n) is 2.18. The Labute approximate surface area is 120 Å². The molecule has 1 amide bonds. The van der Waals surface area contributed by atoms with Gasteiger partial charge in [-0.3, -0.25) is 9.48 Å². The van der Waals surface area contributed by atoms with Crippen LogP contribution in [0.25, 0.3) is 0 Å². The van der Waals surface area contributed by atoms with Gasteiger partial charge in [-0.05, 0) is 25.0 Å². The summed E-state index contributed by atoms with van der Waals surface area (Å²) in [6.45, 7) is 0.978. The quantitative estimate of drug-likeness (QED) is 0.928. The van der Waals surface area contributed by atoms with Crippen LogP contribution in [0.5, 0.6) is 11.6 Å². The monoisotopic (exact) mass is 286 g/mol. The predicted molar refractivity (Wildman–Crippen MR) is 73.7 cm³/mol. The summed E-state index contributed by atoms with van der Waals surface area (Å²) in [5.74, 6) is 1.21. The number of aromatic nitrogens is 3. The zero-order valence-corrected chi connectivity index (χ0v) is 11.3. The number of pyridine rings is 1. The molecule has 0 radical (unpaired) electrons. The highest BCUT2D eigenvalue weighted by atomic mass is 16.6. The first-order valence-corrected chi connectivity index (χ1v) is 6.92. The van der Waals surface area contributed by atoms with Crippen molar-refractivity contribution in [3.05, 3.63) is 30.1 Å². The molecule has 0 atom stereocenters. The molecule has 7 nitrogen and oxygen atoms in total. The molecule has 1 N–H and O–H groups in total. The van der Waals surface area contributed by atoms with E-state index in [1.165, 1.54) is 0 Å². The molecule has 21 heavy (non-hydrogen) atoms. The number of ether oxygens (including phenoxy) is 2. The maximum absolute atomic E-state index is 12.2. The van der Waals surface area contributed by atoms with E-state index in [1.54, 1.807) is 24.5 Å². The molecular formula is C14H14N4O3. The molecule has 2 aliphatic rings. The van der Waals surface area contributed by atoms with E-state index in [0.29, 0.717) is 42.3 Å². The third-order valence-corrected chi connectivity index (χ3v) is 3.43. The van der Waals surface area contributed by atoms with Crippen molar-refractivity contribution < 1.29 is 14.3 Å². The Kier molecular flexibility index (Phi) is 2.77. The Balaban J connectivity index is 1.50. The highest BCUT2D eigenvalue weighted by molar-refractivity contribution is 6.03. The van der Waals surface area contributed by atoms with Crippen molar-refractivity contribution in [3.63, 3.8) is 0 Å². The first-order valence-electron chi connectivity index (χ1n) is 6.92. The van der Waals surface area contributed by atoms with Crippen LogP contribution in [-0.2, 0) is 0 Å². The van der Waals surface area contributed by atoms with Crippen LogP contribution in [0, 0.1) is 0 Å². The first-order chi connectivity index (χ1) is 10.3. The molecule has 0 bridgehead atoms. The second-order valence-corrected chi connectivity index (χ2v) is 5.09. The number of fused-ring (bicyclic) bond motifs is 1. The number of carbonyl (C=O) groups is 1. The number of nitrogens with zero attached hydrogens (tertiary/aromatic N) is 3. The van der Waals surface area contributed by atoms with E-state index in [-0.39, 0.29) is 5.91 Å². The molecule has 2 aromatic rings. The summed E-state index contributed by atoms with van der Waals surface area (Å²) in [7, 11) is 0. The van der Waals surface area contributed by atoms with Gasteiger partial charge in [-0.15, -0.1) is 0 Å². The molecule has 0 aromatic carbocycles. The van der Waals surface area contributed by atoms with Gasteiger partial charge in [-0.2, -0.15) is 10.1 Å². The minimum Gasteiger partial charge on any atom is -0.484 e. The Bertz CT molecular complexity index is 693. The molecule has 0 saturated heterocycles. The molecule has 0 spiro atoms. The zero-order valence-electron chi connectivity index (χ0n) is 11.3. The number of hydrogen-bond donors (Lipinski definition) is 1. The number of nitrogens with one attached hydrogen (secondary N) is 1. The Morgan fingerprint density at radius 3 is 3.00 bits per heavy atom. The number of anilines is 1. The van der Waals surface area contributed by atoms with E-state index in [2.05, 4.69) is 15.4 Å². The largest absolute Gasteiger partial charge is 0.484 e. The van der Waals surface area contributed by atoms with Crippen LogP contribution in [0.4, 0.5) is 5.82 Å². The van der Waals surface area contributed by atoms with Gasteiger partial charge in [-0.1, -0.05) is 0 Å². The average molecular weight is 286 g/mol. The van der Waals surface area contributed by atoms with Crippen LogP contribution in [0.15, 0.2) is 24.5 Å². The summed E-state index contributed by atoms with van der Waals surface area (Å²) >= 11 is 0. The summed E-state index contributed by atoms with van der Waals surface area (Å²) in [5.41, 5.74) is 0.526. The molecule has 2 aromatic heterocycles. The van der Waals surface area contributed by atoms with Crippen LogP contribution in [0.2, 0.25) is 0 Å². The van der Waals surface area contributed by atoms with Crippen molar-refractivity contribution in [2.45, 2.75) is 18.9 Å². The third-order valence-electron chi connectivity index (χ3n) is 3.43. The number of hydrogen-bond acceptors (Lipinski definition) is 5. The highest BCUT2D eigenvalue weighted by Gasteiger charge is 2.25. The smallest absolute Gasteiger partial charge is 0.260 e. The molecule has 3 heterocycles. The van der Waals surface area contributed by atoms with Crippen LogP contribution < -0.4 is 14.8 Å². The minimum absolute atomic E-state index is 0.230. The van der Waals surface area contributed by atoms with Gasteiger partial charge in [0.05, 0.1) is 17.8 Å². The van der Waals surface area contributed by atoms with Crippen molar-refractivity contribution in [1.29, 1.82) is 0 Å². The van der Waals surface area contributed by atoms with E-state index in [9.17, 15) is 4.79 Å². The Morgan fingerprint density at radius 2 is 2.14 bits per heavy atom. The summed E-state index contributed by atoms with van der Waals surface area (Å²) in [5, 5.41) is 6.94. The van der Waals surface area contributed by atoms with Crippen molar-refractivity contribution in [1.82, 2.24) is 14.8 Å². The van der Waals surface area contributed by atoms with E-state index >= 15 is 0 Å². The number of rotatable bonds is 3. The van der Waals surface area contributed by atoms with Gasteiger partial charge in [0, 0.05) is 6.20 Å². The minimum atomic E-state index is -0.230. The van der Waals surface area contributed by atoms with Crippen LogP contribution in [0.3, 0.4) is 0 Å². The van der Waals surface area contributed by atoms with E-state index in [4.69, 9.17) is 9.47 Å². The third kappa shape index (κ3) is 2.42. The molecule has 0 unspecified atom stereocenters. The van der Waals surface area contributed by atoms with Crippen molar-refractivity contribution >= 4 is 11.7 Å². The standard InChI is InChI=1S/C14H14N4O3/c19-13(9-7-15-18(8-9)10-1-2-10)16-12-4-3-11-14(17-12)21-6-5-20-11/h3-4,7-8,10H,1-2,5-6H2,(H,16,17,19). The zero-order chi connectivity index (χ0) is 14.2. The number of carbonyl (C=O) groups excluding carboxylic acids is 1. The molecule has 1 aliphatic carbocycles. The SMILES string of the molecule is O=C(Nc1ccc2c(n1)OCCO2)c1cnn(C2CC2)c1. The van der Waals surface area contributed by atoms with Gasteiger partial charge in [0.25, 0.3) is 11.8 Å². The summed E-state index contributed by atoms with van der Waals surface area (Å²) < 4.78 is 12.6. The molecule has 4 rings (SSSR count). The molecule has 7 heteroatoms. The fraction of sp³-hybridized carbons (Fsp3) is 0.357. The second kappa shape index (κ2) is 4.76. The van der Waals surface area contributed by atoms with Gasteiger partial charge in [0.2, 0.25) is 0 Å². The van der Waals surface area contributed by atoms with E-state index < -0.39 is 0 Å². The van der Waals surface area contributed by atoms with Crippen LogP contribution in [-0.4, -0.2) is 33.9 Å². The lowest BCUT2D eigenvalue weighted by Crippen LogP contribution is -2.18. The molecule has 1 aliphatic heterocycles. The molecular weight excluding hydrogens is 272 g/mol. The van der Waals surface area contributed by atoms with Crippen LogP contribution >= 0.6 is 0 Å². The number of amides is 1. The van der Waals surface area contributed by atoms with Crippen molar-refractivity contribution in [3.8, 4) is 11.6 Å². The Hall–Kier alpha value is -2.57. The fourth-order valence-corrected chi connectivity index (χ4v) is 2.18. The Morgan fingerprint density at radius 1 is 1.29 bits per heavy atom. The maximum atomic E-state index is 12.2. The highest BCUT2D eigenvalue weighted by Crippen LogP contribution is 2.34. The topological polar surface area (TPSA) is 78.3 Å². The predicted octanol–water partition coefficient (Wildman–Crippen LogP) is 1.64. The first kappa shape index (κ1) is 12.2. The summed E-state index contributed by atoms with van der Waals surface area (Å²) in [4.78, 5) is 16.4. The van der Waals surface area contributed by atoms with Gasteiger partial charge < -0.3 is 14.8 Å². The molecule has 1 fully saturated rings. The van der Waals surface area contributed by atoms with Gasteiger partial charge in [0.1, 0.15) is 19.0 Å². The van der Waals surface area contributed by atoms with Gasteiger partial charge >= 0.3 is 0 Å². The maximum Gasteiger partial charge on any atom is 0.260 e. The summed E-state index contributed by atoms with van der Waals surface area (Å²) in [6, 6.07) is 3.89. The lowest BCUT2D eigenvalue weighted by molar-refractivity contribution is 0.102. The van der Waals surface area contributed by atoms with Crippen molar-refractivity contribution in [2.75, 3.05) is 18.5 Å². The lowest BCUT2D eigenvalue weighted by atomic mass is 10.3. The normalized spacial score (nSPS) is 16.6.